The third-order valence-corrected chi connectivity index (χ3v) is 1.89. The van der Waals surface area contributed by atoms with Crippen LogP contribution in [0.2, 0.25) is 0 Å². The third-order valence-electron chi connectivity index (χ3n) is 1.89. The second-order valence-electron chi connectivity index (χ2n) is 2.60. The topological polar surface area (TPSA) is 74.0 Å². The number of hydrazone groups is 1. The fourth-order valence-corrected chi connectivity index (χ4v) is 1.28. The summed E-state index contributed by atoms with van der Waals surface area (Å²) in [6.45, 7) is 0. The van der Waals surface area contributed by atoms with Gasteiger partial charge >= 0.3 is 5.97 Å². The van der Waals surface area contributed by atoms with Crippen LogP contribution in [0.15, 0.2) is 21.7 Å². The van der Waals surface area contributed by atoms with Gasteiger partial charge < -0.3 is 5.11 Å². The summed E-state index contributed by atoms with van der Waals surface area (Å²) in [4.78, 5) is 14.7. The first-order valence-electron chi connectivity index (χ1n) is 3.54. The number of rotatable bonds is 1. The first-order chi connectivity index (χ1) is 5.79. The van der Waals surface area contributed by atoms with Crippen molar-refractivity contribution in [1.29, 1.82) is 0 Å². The average Bonchev–Trinajstić information content (AvgIpc) is 2.49. The van der Waals surface area contributed by atoms with Crippen LogP contribution in [0.5, 0.6) is 0 Å². The van der Waals surface area contributed by atoms with Gasteiger partial charge in [-0.25, -0.2) is 4.79 Å². The lowest BCUT2D eigenvalue weighted by Crippen LogP contribution is -2.31. The second kappa shape index (κ2) is 2.44. The Bertz CT molecular complexity index is 306. The van der Waals surface area contributed by atoms with Crippen molar-refractivity contribution in [1.82, 2.24) is 5.43 Å². The van der Waals surface area contributed by atoms with Crippen molar-refractivity contribution in [3.63, 3.8) is 0 Å². The smallest absolute Gasteiger partial charge is 0.332 e. The average molecular weight is 165 g/mol. The molecular weight excluding hydrogens is 158 g/mol. The number of hydrogen-bond acceptors (Lipinski definition) is 4. The lowest BCUT2D eigenvalue weighted by molar-refractivity contribution is -0.133. The molecule has 12 heavy (non-hydrogen) atoms. The lowest BCUT2D eigenvalue weighted by atomic mass is 9.96. The van der Waals surface area contributed by atoms with E-state index in [1.165, 1.54) is 12.3 Å². The van der Waals surface area contributed by atoms with Crippen molar-refractivity contribution in [2.45, 2.75) is 6.17 Å². The molecule has 2 aliphatic rings. The maximum atomic E-state index is 10.7. The Hall–Kier alpha value is -1.65. The van der Waals surface area contributed by atoms with Crippen molar-refractivity contribution in [2.24, 2.45) is 16.0 Å². The molecule has 5 nitrogen and oxygen atoms in total. The van der Waals surface area contributed by atoms with Crippen molar-refractivity contribution >= 4 is 18.4 Å². The minimum atomic E-state index is -0.911. The molecule has 0 aliphatic carbocycles. The first-order valence-corrected chi connectivity index (χ1v) is 3.54. The van der Waals surface area contributed by atoms with E-state index in [0.717, 1.165) is 0 Å². The highest BCUT2D eigenvalue weighted by atomic mass is 16.4. The summed E-state index contributed by atoms with van der Waals surface area (Å²) in [5.74, 6) is -1.13. The van der Waals surface area contributed by atoms with E-state index in [1.807, 2.05) is 0 Å². The van der Waals surface area contributed by atoms with Crippen LogP contribution in [0.3, 0.4) is 0 Å². The molecule has 2 unspecified atom stereocenters. The number of aliphatic imine (C=N–C) groups is 1. The van der Waals surface area contributed by atoms with Gasteiger partial charge in [-0.3, -0.25) is 10.4 Å². The summed E-state index contributed by atoms with van der Waals surface area (Å²) in [5, 5.41) is 12.5. The summed E-state index contributed by atoms with van der Waals surface area (Å²) in [6, 6.07) is 0. The van der Waals surface area contributed by atoms with E-state index in [4.69, 9.17) is 5.11 Å². The SMILES string of the molecule is O=C(O)C1=CC=NC2NN=CC12. The first kappa shape index (κ1) is 7.02. The van der Waals surface area contributed by atoms with E-state index in [0.29, 0.717) is 5.57 Å². The van der Waals surface area contributed by atoms with Crippen molar-refractivity contribution in [3.8, 4) is 0 Å². The highest BCUT2D eigenvalue weighted by molar-refractivity contribution is 5.98. The lowest BCUT2D eigenvalue weighted by Gasteiger charge is -2.16. The molecule has 2 rings (SSSR count). The molecule has 0 bridgehead atoms. The number of hydrogen-bond donors (Lipinski definition) is 2. The molecule has 2 N–H and O–H groups in total. The Morgan fingerprint density at radius 2 is 2.50 bits per heavy atom. The van der Waals surface area contributed by atoms with E-state index in [9.17, 15) is 4.79 Å². The van der Waals surface area contributed by atoms with Crippen molar-refractivity contribution < 1.29 is 9.90 Å². The van der Waals surface area contributed by atoms with Gasteiger partial charge in [-0.15, -0.1) is 0 Å². The zero-order chi connectivity index (χ0) is 8.55. The fourth-order valence-electron chi connectivity index (χ4n) is 1.28. The van der Waals surface area contributed by atoms with Crippen LogP contribution in [0.25, 0.3) is 0 Å². The molecule has 2 aliphatic heterocycles. The molecule has 2 heterocycles. The Morgan fingerprint density at radius 3 is 3.25 bits per heavy atom. The molecule has 0 spiro atoms. The Balaban J connectivity index is 2.32. The predicted octanol–water partition coefficient (Wildman–Crippen LogP) is -0.387. The van der Waals surface area contributed by atoms with Gasteiger partial charge in [0.05, 0.1) is 11.5 Å². The minimum absolute atomic E-state index is 0.215. The summed E-state index contributed by atoms with van der Waals surface area (Å²) in [7, 11) is 0. The molecule has 5 heteroatoms. The molecule has 0 radical (unpaired) electrons. The number of carboxylic acids is 1. The van der Waals surface area contributed by atoms with Gasteiger partial charge in [-0.1, -0.05) is 0 Å². The maximum absolute atomic E-state index is 10.7. The van der Waals surface area contributed by atoms with Crippen LogP contribution < -0.4 is 5.43 Å². The van der Waals surface area contributed by atoms with Crippen LogP contribution in [-0.2, 0) is 4.79 Å². The summed E-state index contributed by atoms with van der Waals surface area (Å²) >= 11 is 0. The van der Waals surface area contributed by atoms with Crippen LogP contribution in [-0.4, -0.2) is 29.7 Å². The van der Waals surface area contributed by atoms with E-state index in [1.54, 1.807) is 6.21 Å². The zero-order valence-corrected chi connectivity index (χ0v) is 6.14. The Morgan fingerprint density at radius 1 is 1.67 bits per heavy atom. The largest absolute Gasteiger partial charge is 0.478 e. The summed E-state index contributed by atoms with van der Waals surface area (Å²) in [6.07, 6.45) is 4.34. The number of aliphatic carboxylic acids is 1. The Kier molecular flexibility index (Phi) is 1.43. The van der Waals surface area contributed by atoms with Crippen molar-refractivity contribution in [3.05, 3.63) is 11.6 Å². The maximum Gasteiger partial charge on any atom is 0.332 e. The van der Waals surface area contributed by atoms with E-state index < -0.39 is 5.97 Å². The summed E-state index contributed by atoms with van der Waals surface area (Å²) in [5.41, 5.74) is 3.05. The molecule has 0 saturated carbocycles. The van der Waals surface area contributed by atoms with Crippen molar-refractivity contribution in [2.75, 3.05) is 0 Å². The number of dihydropyridines is 1. The normalized spacial score (nSPS) is 30.8. The molecule has 0 aromatic carbocycles. The van der Waals surface area contributed by atoms with Crippen LogP contribution in [0, 0.1) is 5.92 Å². The number of carbonyl (C=O) groups is 1. The monoisotopic (exact) mass is 165 g/mol. The minimum Gasteiger partial charge on any atom is -0.478 e. The predicted molar refractivity (Wildman–Crippen MR) is 43.1 cm³/mol. The Labute approximate surface area is 68.5 Å². The van der Waals surface area contributed by atoms with Gasteiger partial charge in [-0.05, 0) is 6.08 Å². The number of carboxylic acid groups (broad SMARTS) is 1. The quantitative estimate of drug-likeness (QED) is 0.555. The summed E-state index contributed by atoms with van der Waals surface area (Å²) < 4.78 is 0. The van der Waals surface area contributed by atoms with Gasteiger partial charge in [0, 0.05) is 12.4 Å². The van der Waals surface area contributed by atoms with Crippen LogP contribution >= 0.6 is 0 Å². The zero-order valence-electron chi connectivity index (χ0n) is 6.14. The molecule has 0 aromatic heterocycles. The molecule has 2 atom stereocenters. The van der Waals surface area contributed by atoms with Gasteiger partial charge in [0.1, 0.15) is 6.17 Å². The number of nitrogens with one attached hydrogen (secondary N) is 1. The van der Waals surface area contributed by atoms with Gasteiger partial charge in [0.25, 0.3) is 0 Å². The molecule has 0 fully saturated rings. The molecular formula is C7H7N3O2. The van der Waals surface area contributed by atoms with E-state index >= 15 is 0 Å². The molecule has 62 valence electrons. The van der Waals surface area contributed by atoms with Crippen LogP contribution in [0.1, 0.15) is 0 Å². The molecule has 0 aromatic rings. The standard InChI is InChI=1S/C7H7N3O2/c11-7(12)4-1-2-8-6-5(4)3-9-10-6/h1-3,5-6,10H,(H,11,12). The van der Waals surface area contributed by atoms with E-state index in [-0.39, 0.29) is 12.1 Å². The molecule has 0 saturated heterocycles. The highest BCUT2D eigenvalue weighted by Gasteiger charge is 2.31. The van der Waals surface area contributed by atoms with E-state index in [2.05, 4.69) is 15.5 Å². The second-order valence-corrected chi connectivity index (χ2v) is 2.60. The molecule has 0 amide bonds. The number of allylic oxidation sites excluding steroid dienone is 1. The van der Waals surface area contributed by atoms with Crippen LogP contribution in [0.4, 0.5) is 0 Å². The number of nitrogens with zero attached hydrogens (tertiary/aromatic N) is 2. The van der Waals surface area contributed by atoms with Gasteiger partial charge in [0.2, 0.25) is 0 Å². The highest BCUT2D eigenvalue weighted by Crippen LogP contribution is 2.20. The fraction of sp³-hybridized carbons (Fsp3) is 0.286. The number of fused-ring (bicyclic) bond motifs is 1. The third kappa shape index (κ3) is 0.903. The van der Waals surface area contributed by atoms with Gasteiger partial charge in [0.15, 0.2) is 0 Å². The van der Waals surface area contributed by atoms with Gasteiger partial charge in [-0.2, -0.15) is 5.10 Å².